The minimum absolute atomic E-state index is 0.145. The summed E-state index contributed by atoms with van der Waals surface area (Å²) in [4.78, 5) is 14.6. The first-order chi connectivity index (χ1) is 11.7. The third-order valence-corrected chi connectivity index (χ3v) is 4.78. The number of nitrogens with zero attached hydrogens (tertiary/aromatic N) is 1. The second kappa shape index (κ2) is 9.48. The first-order valence-electron chi connectivity index (χ1n) is 8.99. The van der Waals surface area contributed by atoms with Crippen LogP contribution < -0.4 is 10.1 Å². The molecule has 0 aliphatic heterocycles. The van der Waals surface area contributed by atoms with Crippen LogP contribution in [0.15, 0.2) is 36.4 Å². The lowest BCUT2D eigenvalue weighted by Crippen LogP contribution is -2.38. The van der Waals surface area contributed by atoms with E-state index in [1.165, 1.54) is 5.56 Å². The molecule has 0 radical (unpaired) electrons. The van der Waals surface area contributed by atoms with Gasteiger partial charge in [-0.3, -0.25) is 9.69 Å². The van der Waals surface area contributed by atoms with Gasteiger partial charge in [-0.05, 0) is 49.5 Å². The number of rotatable bonds is 9. The maximum Gasteiger partial charge on any atom is 0.220 e. The van der Waals surface area contributed by atoms with Crippen LogP contribution in [0.25, 0.3) is 0 Å². The minimum atomic E-state index is 0.145. The van der Waals surface area contributed by atoms with Gasteiger partial charge in [-0.1, -0.05) is 38.1 Å². The highest BCUT2D eigenvalue weighted by Gasteiger charge is 2.20. The molecule has 1 aliphatic carbocycles. The zero-order valence-electron chi connectivity index (χ0n) is 15.1. The Morgan fingerprint density at radius 2 is 2.17 bits per heavy atom. The average Bonchev–Trinajstić information content (AvgIpc) is 3.11. The Morgan fingerprint density at radius 1 is 1.38 bits per heavy atom. The van der Waals surface area contributed by atoms with Gasteiger partial charge in [0.15, 0.2) is 0 Å². The SMILES string of the molecule is CCN(CC)C(CNC(=O)CC1C=CCC1)c1cccc(OC)c1. The Kier molecular flexibility index (Phi) is 7.32. The van der Waals surface area contributed by atoms with E-state index in [1.807, 2.05) is 12.1 Å². The van der Waals surface area contributed by atoms with Crippen LogP contribution in [0.2, 0.25) is 0 Å². The van der Waals surface area contributed by atoms with Gasteiger partial charge in [-0.15, -0.1) is 0 Å². The normalized spacial score (nSPS) is 17.9. The molecule has 0 aromatic heterocycles. The summed E-state index contributed by atoms with van der Waals surface area (Å²) in [6, 6.07) is 8.30. The van der Waals surface area contributed by atoms with Crippen LogP contribution in [0.5, 0.6) is 5.75 Å². The first-order valence-corrected chi connectivity index (χ1v) is 8.99. The van der Waals surface area contributed by atoms with Crippen molar-refractivity contribution in [3.63, 3.8) is 0 Å². The molecular weight excluding hydrogens is 300 g/mol. The van der Waals surface area contributed by atoms with E-state index < -0.39 is 0 Å². The zero-order valence-corrected chi connectivity index (χ0v) is 15.1. The van der Waals surface area contributed by atoms with E-state index in [0.717, 1.165) is 31.7 Å². The topological polar surface area (TPSA) is 41.6 Å². The monoisotopic (exact) mass is 330 g/mol. The number of benzene rings is 1. The van der Waals surface area contributed by atoms with Crippen molar-refractivity contribution in [2.24, 2.45) is 5.92 Å². The summed E-state index contributed by atoms with van der Waals surface area (Å²) in [5, 5.41) is 3.14. The van der Waals surface area contributed by atoms with Crippen LogP contribution in [0.4, 0.5) is 0 Å². The standard InChI is InChI=1S/C20H30N2O2/c1-4-22(5-2)19(17-11-8-12-18(14-17)24-3)15-21-20(23)13-16-9-6-7-10-16/h6,8-9,11-12,14,16,19H,4-5,7,10,13,15H2,1-3H3,(H,21,23). The van der Waals surface area contributed by atoms with Crippen molar-refractivity contribution in [1.29, 1.82) is 0 Å². The van der Waals surface area contributed by atoms with Crippen LogP contribution in [0.3, 0.4) is 0 Å². The van der Waals surface area contributed by atoms with E-state index in [4.69, 9.17) is 4.74 Å². The van der Waals surface area contributed by atoms with Crippen molar-refractivity contribution >= 4 is 5.91 Å². The molecule has 2 unspecified atom stereocenters. The predicted molar refractivity (Wildman–Crippen MR) is 98.1 cm³/mol. The summed E-state index contributed by atoms with van der Waals surface area (Å²) in [7, 11) is 1.68. The fraction of sp³-hybridized carbons (Fsp3) is 0.550. The van der Waals surface area contributed by atoms with Crippen molar-refractivity contribution < 1.29 is 9.53 Å². The van der Waals surface area contributed by atoms with E-state index in [0.29, 0.717) is 18.9 Å². The molecule has 1 aliphatic rings. The molecule has 1 N–H and O–H groups in total. The van der Waals surface area contributed by atoms with Gasteiger partial charge in [0.25, 0.3) is 0 Å². The highest BCUT2D eigenvalue weighted by atomic mass is 16.5. The van der Waals surface area contributed by atoms with Crippen molar-refractivity contribution in [3.05, 3.63) is 42.0 Å². The van der Waals surface area contributed by atoms with Gasteiger partial charge >= 0.3 is 0 Å². The van der Waals surface area contributed by atoms with Crippen LogP contribution >= 0.6 is 0 Å². The van der Waals surface area contributed by atoms with E-state index in [2.05, 4.69) is 48.3 Å². The fourth-order valence-corrected chi connectivity index (χ4v) is 3.36. The molecule has 0 saturated carbocycles. The van der Waals surface area contributed by atoms with Gasteiger partial charge in [-0.2, -0.15) is 0 Å². The molecule has 0 fully saturated rings. The molecule has 1 aromatic rings. The molecule has 0 spiro atoms. The second-order valence-electron chi connectivity index (χ2n) is 6.29. The van der Waals surface area contributed by atoms with Crippen LogP contribution in [-0.2, 0) is 4.79 Å². The molecule has 2 rings (SSSR count). The maximum absolute atomic E-state index is 12.3. The number of methoxy groups -OCH3 is 1. The van der Waals surface area contributed by atoms with Crippen molar-refractivity contribution in [1.82, 2.24) is 10.2 Å². The van der Waals surface area contributed by atoms with Gasteiger partial charge in [0.2, 0.25) is 5.91 Å². The molecule has 1 amide bonds. The number of allylic oxidation sites excluding steroid dienone is 2. The molecule has 24 heavy (non-hydrogen) atoms. The summed E-state index contributed by atoms with van der Waals surface area (Å²) in [5.41, 5.74) is 1.18. The van der Waals surface area contributed by atoms with Gasteiger partial charge < -0.3 is 10.1 Å². The van der Waals surface area contributed by atoms with Crippen LogP contribution in [0.1, 0.15) is 44.7 Å². The minimum Gasteiger partial charge on any atom is -0.497 e. The average molecular weight is 330 g/mol. The number of likely N-dealkylation sites (N-methyl/N-ethyl adjacent to an activating group) is 1. The highest BCUT2D eigenvalue weighted by molar-refractivity contribution is 5.76. The molecule has 4 nitrogen and oxygen atoms in total. The first kappa shape index (κ1) is 18.5. The summed E-state index contributed by atoms with van der Waals surface area (Å²) >= 11 is 0. The molecule has 4 heteroatoms. The molecular formula is C20H30N2O2. The van der Waals surface area contributed by atoms with E-state index in [9.17, 15) is 4.79 Å². The van der Waals surface area contributed by atoms with E-state index in [1.54, 1.807) is 7.11 Å². The fourth-order valence-electron chi connectivity index (χ4n) is 3.36. The maximum atomic E-state index is 12.3. The molecule has 2 atom stereocenters. The lowest BCUT2D eigenvalue weighted by atomic mass is 10.0. The van der Waals surface area contributed by atoms with Gasteiger partial charge in [0.1, 0.15) is 5.75 Å². The number of nitrogens with one attached hydrogen (secondary N) is 1. The number of carbonyl (C=O) groups is 1. The number of ether oxygens (including phenoxy) is 1. The summed E-state index contributed by atoms with van der Waals surface area (Å²) in [6.45, 7) is 6.83. The predicted octanol–water partition coefficient (Wildman–Crippen LogP) is 3.55. The lowest BCUT2D eigenvalue weighted by molar-refractivity contribution is -0.122. The molecule has 0 bridgehead atoms. The summed E-state index contributed by atoms with van der Waals surface area (Å²) < 4.78 is 5.35. The van der Waals surface area contributed by atoms with E-state index in [-0.39, 0.29) is 11.9 Å². The van der Waals surface area contributed by atoms with Crippen molar-refractivity contribution in [2.45, 2.75) is 39.2 Å². The van der Waals surface area contributed by atoms with Crippen LogP contribution in [-0.4, -0.2) is 37.6 Å². The zero-order chi connectivity index (χ0) is 17.4. The highest BCUT2D eigenvalue weighted by Crippen LogP contribution is 2.24. The number of hydrogen-bond donors (Lipinski definition) is 1. The van der Waals surface area contributed by atoms with Crippen molar-refractivity contribution in [2.75, 3.05) is 26.7 Å². The number of carbonyl (C=O) groups excluding carboxylic acids is 1. The Labute approximate surface area is 145 Å². The quantitative estimate of drug-likeness (QED) is 0.704. The molecule has 0 saturated heterocycles. The van der Waals surface area contributed by atoms with Crippen LogP contribution in [0, 0.1) is 5.92 Å². The second-order valence-corrected chi connectivity index (χ2v) is 6.29. The Hall–Kier alpha value is -1.81. The lowest BCUT2D eigenvalue weighted by Gasteiger charge is -2.30. The van der Waals surface area contributed by atoms with Crippen molar-refractivity contribution in [3.8, 4) is 5.75 Å². The number of hydrogen-bond acceptors (Lipinski definition) is 3. The van der Waals surface area contributed by atoms with E-state index >= 15 is 0 Å². The molecule has 0 heterocycles. The summed E-state index contributed by atoms with van der Waals surface area (Å²) in [6.07, 6.45) is 7.14. The third kappa shape index (κ3) is 5.10. The third-order valence-electron chi connectivity index (χ3n) is 4.78. The smallest absolute Gasteiger partial charge is 0.220 e. The van der Waals surface area contributed by atoms with Gasteiger partial charge in [0, 0.05) is 13.0 Å². The molecule has 1 aromatic carbocycles. The van der Waals surface area contributed by atoms with Gasteiger partial charge in [-0.25, -0.2) is 0 Å². The van der Waals surface area contributed by atoms with Gasteiger partial charge in [0.05, 0.1) is 13.2 Å². The number of amides is 1. The largest absolute Gasteiger partial charge is 0.497 e. The molecule has 132 valence electrons. The summed E-state index contributed by atoms with van der Waals surface area (Å²) in [5.74, 6) is 1.41. The Morgan fingerprint density at radius 3 is 2.79 bits per heavy atom. The Bertz CT molecular complexity index is 552. The Balaban J connectivity index is 2.02.